The van der Waals surface area contributed by atoms with Crippen LogP contribution in [0.2, 0.25) is 0 Å². The number of hydrogen-bond acceptors (Lipinski definition) is 5. The highest BCUT2D eigenvalue weighted by Gasteiger charge is 2.35. The number of fused-ring (bicyclic) bond motifs is 1. The molecule has 0 amide bonds. The van der Waals surface area contributed by atoms with Crippen molar-refractivity contribution in [2.24, 2.45) is 0 Å². The SMILES string of the molecule is CC1(C)OC(=O)c2c(OCCc3ccncc3)cccc2O1. The quantitative estimate of drug-likeness (QED) is 0.812. The van der Waals surface area contributed by atoms with E-state index in [1.807, 2.05) is 12.1 Å². The van der Waals surface area contributed by atoms with Crippen LogP contribution in [-0.4, -0.2) is 23.3 Å². The van der Waals surface area contributed by atoms with Crippen molar-refractivity contribution in [3.8, 4) is 11.5 Å². The lowest BCUT2D eigenvalue weighted by Gasteiger charge is -2.32. The van der Waals surface area contributed by atoms with E-state index < -0.39 is 11.8 Å². The van der Waals surface area contributed by atoms with Crippen molar-refractivity contribution in [3.05, 3.63) is 53.9 Å². The summed E-state index contributed by atoms with van der Waals surface area (Å²) in [5.41, 5.74) is 1.47. The molecule has 0 fully saturated rings. The first-order valence-electron chi connectivity index (χ1n) is 7.12. The Labute approximate surface area is 128 Å². The van der Waals surface area contributed by atoms with Gasteiger partial charge in [-0.15, -0.1) is 0 Å². The fourth-order valence-electron chi connectivity index (χ4n) is 2.31. The first kappa shape index (κ1) is 14.4. The third kappa shape index (κ3) is 3.03. The van der Waals surface area contributed by atoms with Gasteiger partial charge in [0.25, 0.3) is 0 Å². The van der Waals surface area contributed by atoms with E-state index in [4.69, 9.17) is 14.2 Å². The molecule has 2 aromatic rings. The summed E-state index contributed by atoms with van der Waals surface area (Å²) < 4.78 is 16.7. The molecule has 22 heavy (non-hydrogen) atoms. The van der Waals surface area contributed by atoms with Crippen molar-refractivity contribution in [1.29, 1.82) is 0 Å². The van der Waals surface area contributed by atoms with Crippen molar-refractivity contribution in [2.45, 2.75) is 26.1 Å². The predicted molar refractivity (Wildman–Crippen MR) is 80.0 cm³/mol. The van der Waals surface area contributed by atoms with Gasteiger partial charge in [0.05, 0.1) is 6.61 Å². The van der Waals surface area contributed by atoms with Crippen molar-refractivity contribution in [2.75, 3.05) is 6.61 Å². The summed E-state index contributed by atoms with van der Waals surface area (Å²) in [6.07, 6.45) is 4.22. The highest BCUT2D eigenvalue weighted by atomic mass is 16.7. The van der Waals surface area contributed by atoms with E-state index in [0.29, 0.717) is 23.7 Å². The van der Waals surface area contributed by atoms with Crippen LogP contribution in [0.4, 0.5) is 0 Å². The number of ether oxygens (including phenoxy) is 3. The second-order valence-electron chi connectivity index (χ2n) is 5.47. The summed E-state index contributed by atoms with van der Waals surface area (Å²) in [7, 11) is 0. The lowest BCUT2D eigenvalue weighted by molar-refractivity contribution is -0.127. The van der Waals surface area contributed by atoms with Crippen molar-refractivity contribution >= 4 is 5.97 Å². The maximum Gasteiger partial charge on any atom is 0.349 e. The second-order valence-corrected chi connectivity index (χ2v) is 5.47. The second kappa shape index (κ2) is 5.67. The van der Waals surface area contributed by atoms with Crippen molar-refractivity contribution in [1.82, 2.24) is 4.98 Å². The molecular formula is C17H17NO4. The van der Waals surface area contributed by atoms with Crippen LogP contribution in [0.15, 0.2) is 42.7 Å². The minimum Gasteiger partial charge on any atom is -0.492 e. The van der Waals surface area contributed by atoms with Crippen LogP contribution in [-0.2, 0) is 11.2 Å². The first-order chi connectivity index (χ1) is 10.6. The number of pyridine rings is 1. The first-order valence-corrected chi connectivity index (χ1v) is 7.12. The van der Waals surface area contributed by atoms with Gasteiger partial charge in [-0.3, -0.25) is 4.98 Å². The van der Waals surface area contributed by atoms with E-state index in [1.54, 1.807) is 44.4 Å². The van der Waals surface area contributed by atoms with Crippen LogP contribution in [0.25, 0.3) is 0 Å². The van der Waals surface area contributed by atoms with E-state index in [1.165, 1.54) is 0 Å². The lowest BCUT2D eigenvalue weighted by Crippen LogP contribution is -2.39. The Bertz CT molecular complexity index is 682. The van der Waals surface area contributed by atoms with E-state index in [0.717, 1.165) is 12.0 Å². The largest absolute Gasteiger partial charge is 0.492 e. The zero-order chi connectivity index (χ0) is 15.6. The molecule has 1 aromatic heterocycles. The van der Waals surface area contributed by atoms with Gasteiger partial charge in [-0.05, 0) is 29.8 Å². The van der Waals surface area contributed by atoms with Gasteiger partial charge in [-0.2, -0.15) is 0 Å². The minimum absolute atomic E-state index is 0.344. The molecule has 1 aromatic carbocycles. The summed E-state index contributed by atoms with van der Waals surface area (Å²) >= 11 is 0. The van der Waals surface area contributed by atoms with Gasteiger partial charge < -0.3 is 14.2 Å². The number of esters is 1. The summed E-state index contributed by atoms with van der Waals surface area (Å²) in [5, 5.41) is 0. The van der Waals surface area contributed by atoms with Gasteiger partial charge in [0, 0.05) is 32.7 Å². The third-order valence-electron chi connectivity index (χ3n) is 3.28. The predicted octanol–water partition coefficient (Wildman–Crippen LogP) is 2.99. The van der Waals surface area contributed by atoms with Crippen LogP contribution >= 0.6 is 0 Å². The summed E-state index contributed by atoms with van der Waals surface area (Å²) in [5.74, 6) is -0.416. The molecule has 0 N–H and O–H groups in total. The molecule has 0 saturated heterocycles. The molecule has 0 atom stereocenters. The average Bonchev–Trinajstić information content (AvgIpc) is 2.46. The maximum absolute atomic E-state index is 12.2. The fourth-order valence-corrected chi connectivity index (χ4v) is 2.31. The molecule has 2 heterocycles. The number of carbonyl (C=O) groups is 1. The highest BCUT2D eigenvalue weighted by molar-refractivity contribution is 5.96. The molecule has 0 aliphatic carbocycles. The molecule has 0 bridgehead atoms. The lowest BCUT2D eigenvalue weighted by atomic mass is 10.1. The van der Waals surface area contributed by atoms with E-state index in [-0.39, 0.29) is 0 Å². The van der Waals surface area contributed by atoms with Crippen LogP contribution in [0.5, 0.6) is 11.5 Å². The van der Waals surface area contributed by atoms with Crippen LogP contribution < -0.4 is 9.47 Å². The van der Waals surface area contributed by atoms with Crippen LogP contribution in [0.3, 0.4) is 0 Å². The molecule has 0 spiro atoms. The normalized spacial score (nSPS) is 15.5. The molecule has 0 radical (unpaired) electrons. The van der Waals surface area contributed by atoms with Gasteiger partial charge in [0.15, 0.2) is 0 Å². The molecule has 0 unspecified atom stereocenters. The topological polar surface area (TPSA) is 57.7 Å². The average molecular weight is 299 g/mol. The molecule has 114 valence electrons. The Balaban J connectivity index is 1.74. The minimum atomic E-state index is -0.959. The molecule has 5 heteroatoms. The summed E-state index contributed by atoms with van der Waals surface area (Å²) in [6, 6.07) is 9.16. The zero-order valence-corrected chi connectivity index (χ0v) is 12.5. The highest BCUT2D eigenvalue weighted by Crippen LogP contribution is 2.36. The van der Waals surface area contributed by atoms with Crippen LogP contribution in [0, 0.1) is 0 Å². The number of carbonyl (C=O) groups excluding carboxylic acids is 1. The maximum atomic E-state index is 12.2. The van der Waals surface area contributed by atoms with E-state index >= 15 is 0 Å². The Morgan fingerprint density at radius 3 is 2.68 bits per heavy atom. The molecule has 0 saturated carbocycles. The number of hydrogen-bond donors (Lipinski definition) is 0. The van der Waals surface area contributed by atoms with E-state index in [2.05, 4.69) is 4.98 Å². The Morgan fingerprint density at radius 1 is 1.14 bits per heavy atom. The van der Waals surface area contributed by atoms with Gasteiger partial charge in [0.2, 0.25) is 5.79 Å². The molecule has 5 nitrogen and oxygen atoms in total. The van der Waals surface area contributed by atoms with Gasteiger partial charge in [0.1, 0.15) is 17.1 Å². The molecule has 1 aliphatic heterocycles. The van der Waals surface area contributed by atoms with Crippen LogP contribution in [0.1, 0.15) is 29.8 Å². The third-order valence-corrected chi connectivity index (χ3v) is 3.28. The fraction of sp³-hybridized carbons (Fsp3) is 0.294. The smallest absolute Gasteiger partial charge is 0.349 e. The Morgan fingerprint density at radius 2 is 1.91 bits per heavy atom. The standard InChI is InChI=1S/C17H17NO4/c1-17(2)21-14-5-3-4-13(15(14)16(19)22-17)20-11-8-12-6-9-18-10-7-12/h3-7,9-10H,8,11H2,1-2H3. The number of cyclic esters (lactones) is 1. The van der Waals surface area contributed by atoms with Gasteiger partial charge in [-0.25, -0.2) is 4.79 Å². The summed E-state index contributed by atoms with van der Waals surface area (Å²) in [6.45, 7) is 3.85. The zero-order valence-electron chi connectivity index (χ0n) is 12.5. The Kier molecular flexibility index (Phi) is 3.71. The number of aromatic nitrogens is 1. The molecule has 3 rings (SSSR count). The summed E-state index contributed by atoms with van der Waals surface area (Å²) in [4.78, 5) is 16.1. The number of rotatable bonds is 4. The van der Waals surface area contributed by atoms with E-state index in [9.17, 15) is 4.79 Å². The Hall–Kier alpha value is -2.56. The number of benzene rings is 1. The van der Waals surface area contributed by atoms with Gasteiger partial charge in [-0.1, -0.05) is 6.07 Å². The molecular weight excluding hydrogens is 282 g/mol. The van der Waals surface area contributed by atoms with Crippen molar-refractivity contribution < 1.29 is 19.0 Å². The van der Waals surface area contributed by atoms with Gasteiger partial charge >= 0.3 is 5.97 Å². The monoisotopic (exact) mass is 299 g/mol. The van der Waals surface area contributed by atoms with Crippen molar-refractivity contribution in [3.63, 3.8) is 0 Å². The number of nitrogens with zero attached hydrogens (tertiary/aromatic N) is 1. The molecule has 1 aliphatic rings.